The zero-order valence-corrected chi connectivity index (χ0v) is 16.5. The van der Waals surface area contributed by atoms with E-state index >= 15 is 0 Å². The van der Waals surface area contributed by atoms with Gasteiger partial charge >= 0.3 is 0 Å². The predicted molar refractivity (Wildman–Crippen MR) is 116 cm³/mol. The van der Waals surface area contributed by atoms with Crippen molar-refractivity contribution >= 4 is 5.57 Å². The summed E-state index contributed by atoms with van der Waals surface area (Å²) in [5.74, 6) is 1.52. The standard InChI is InChI=1S/C26H22O4/c1-2-4-6-12-22-16-23(17-26(30-22)14-7-8-15-29-26)27-18-21-11-9-13-24-25(21)20(19-28-24)10-5-3-1/h1-15,17H,16,18-19H2/t26-/m0/s1. The summed E-state index contributed by atoms with van der Waals surface area (Å²) >= 11 is 0. The topological polar surface area (TPSA) is 36.9 Å². The molecule has 1 aromatic rings. The highest BCUT2D eigenvalue weighted by Crippen LogP contribution is 2.38. The van der Waals surface area contributed by atoms with Crippen LogP contribution in [0.15, 0.2) is 109 Å². The summed E-state index contributed by atoms with van der Waals surface area (Å²) in [7, 11) is 0. The maximum Gasteiger partial charge on any atom is 0.293 e. The fourth-order valence-electron chi connectivity index (χ4n) is 3.77. The van der Waals surface area contributed by atoms with E-state index in [4.69, 9.17) is 18.9 Å². The molecule has 0 saturated carbocycles. The number of allylic oxidation sites excluding steroid dienone is 10. The van der Waals surface area contributed by atoms with Crippen molar-refractivity contribution in [2.24, 2.45) is 0 Å². The molecule has 0 amide bonds. The van der Waals surface area contributed by atoms with Gasteiger partial charge in [0.1, 0.15) is 30.5 Å². The van der Waals surface area contributed by atoms with Crippen LogP contribution in [-0.4, -0.2) is 12.4 Å². The van der Waals surface area contributed by atoms with Crippen LogP contribution in [0.5, 0.6) is 5.75 Å². The van der Waals surface area contributed by atoms with Crippen LogP contribution in [0.2, 0.25) is 0 Å². The molecule has 0 aliphatic carbocycles. The van der Waals surface area contributed by atoms with Gasteiger partial charge in [-0.15, -0.1) is 0 Å². The van der Waals surface area contributed by atoms with E-state index in [1.165, 1.54) is 0 Å². The molecule has 1 spiro atoms. The average Bonchev–Trinajstić information content (AvgIpc) is 3.17. The van der Waals surface area contributed by atoms with E-state index in [1.807, 2.05) is 79.0 Å². The Morgan fingerprint density at radius 1 is 0.767 bits per heavy atom. The molecule has 0 fully saturated rings. The lowest BCUT2D eigenvalue weighted by Crippen LogP contribution is -2.34. The van der Waals surface area contributed by atoms with Crippen molar-refractivity contribution in [2.75, 3.05) is 6.61 Å². The molecule has 4 heterocycles. The highest BCUT2D eigenvalue weighted by atomic mass is 16.7. The summed E-state index contributed by atoms with van der Waals surface area (Å²) < 4.78 is 24.1. The normalized spacial score (nSPS) is 24.1. The Morgan fingerprint density at radius 3 is 2.50 bits per heavy atom. The molecule has 0 saturated heterocycles. The molecule has 2 bridgehead atoms. The highest BCUT2D eigenvalue weighted by Gasteiger charge is 2.35. The van der Waals surface area contributed by atoms with Gasteiger partial charge in [0.15, 0.2) is 0 Å². The van der Waals surface area contributed by atoms with Gasteiger partial charge in [-0.25, -0.2) is 0 Å². The van der Waals surface area contributed by atoms with Crippen LogP contribution in [0.1, 0.15) is 17.5 Å². The van der Waals surface area contributed by atoms with Crippen LogP contribution >= 0.6 is 0 Å². The number of rotatable bonds is 0. The first kappa shape index (κ1) is 18.4. The molecular weight excluding hydrogens is 376 g/mol. The maximum absolute atomic E-state index is 6.26. The lowest BCUT2D eigenvalue weighted by Gasteiger charge is -2.34. The lowest BCUT2D eigenvalue weighted by atomic mass is 10.0. The SMILES string of the molecule is C1=CC=CC=C2COc3cccc(c32)COC2=C[C@]3(C=CC=CO3)OC(=CC=C1)C2. The molecule has 0 radical (unpaired) electrons. The van der Waals surface area contributed by atoms with Gasteiger partial charge in [0, 0.05) is 28.9 Å². The van der Waals surface area contributed by atoms with Crippen molar-refractivity contribution in [3.8, 4) is 5.75 Å². The van der Waals surface area contributed by atoms with E-state index in [2.05, 4.69) is 12.1 Å². The Balaban J connectivity index is 1.54. The monoisotopic (exact) mass is 398 g/mol. The molecule has 150 valence electrons. The van der Waals surface area contributed by atoms with Crippen molar-refractivity contribution in [2.45, 2.75) is 18.8 Å². The van der Waals surface area contributed by atoms with Gasteiger partial charge in [0.2, 0.25) is 0 Å². The molecule has 4 aliphatic heterocycles. The largest absolute Gasteiger partial charge is 0.493 e. The first-order valence-corrected chi connectivity index (χ1v) is 10.0. The quantitative estimate of drug-likeness (QED) is 0.566. The Bertz CT molecular complexity index is 1080. The maximum atomic E-state index is 6.26. The summed E-state index contributed by atoms with van der Waals surface area (Å²) in [4.78, 5) is 0. The van der Waals surface area contributed by atoms with Crippen molar-refractivity contribution in [3.63, 3.8) is 0 Å². The fourth-order valence-corrected chi connectivity index (χ4v) is 3.77. The number of hydrogen-bond acceptors (Lipinski definition) is 4. The summed E-state index contributed by atoms with van der Waals surface area (Å²) in [6.45, 7) is 1.01. The second-order valence-corrected chi connectivity index (χ2v) is 7.26. The van der Waals surface area contributed by atoms with Crippen LogP contribution in [-0.2, 0) is 20.8 Å². The molecule has 5 rings (SSSR count). The first-order valence-electron chi connectivity index (χ1n) is 10.0. The number of benzene rings is 1. The Hall–Kier alpha value is -3.66. The van der Waals surface area contributed by atoms with Crippen LogP contribution in [0, 0.1) is 0 Å². The van der Waals surface area contributed by atoms with E-state index in [0.717, 1.165) is 34.0 Å². The minimum absolute atomic E-state index is 0.443. The Morgan fingerprint density at radius 2 is 1.63 bits per heavy atom. The summed E-state index contributed by atoms with van der Waals surface area (Å²) in [5.41, 5.74) is 3.37. The van der Waals surface area contributed by atoms with E-state index in [1.54, 1.807) is 6.26 Å². The lowest BCUT2D eigenvalue weighted by molar-refractivity contribution is -0.120. The zero-order valence-electron chi connectivity index (χ0n) is 16.5. The molecule has 0 aromatic heterocycles. The average molecular weight is 398 g/mol. The Labute approximate surface area is 176 Å². The van der Waals surface area contributed by atoms with E-state index in [0.29, 0.717) is 19.6 Å². The number of fused-ring (bicyclic) bond motifs is 2. The van der Waals surface area contributed by atoms with Crippen molar-refractivity contribution in [1.29, 1.82) is 0 Å². The van der Waals surface area contributed by atoms with Crippen LogP contribution in [0.3, 0.4) is 0 Å². The first-order chi connectivity index (χ1) is 14.8. The molecule has 4 aliphatic rings. The molecule has 4 nitrogen and oxygen atoms in total. The summed E-state index contributed by atoms with van der Waals surface area (Å²) in [6, 6.07) is 6.09. The minimum atomic E-state index is -0.973. The third-order valence-corrected chi connectivity index (χ3v) is 5.14. The second-order valence-electron chi connectivity index (χ2n) is 7.26. The van der Waals surface area contributed by atoms with Crippen molar-refractivity contribution in [1.82, 2.24) is 0 Å². The smallest absolute Gasteiger partial charge is 0.293 e. The summed E-state index contributed by atoms with van der Waals surface area (Å²) in [5, 5.41) is 0. The minimum Gasteiger partial charge on any atom is -0.493 e. The number of hydrogen-bond donors (Lipinski definition) is 0. The predicted octanol–water partition coefficient (Wildman–Crippen LogP) is 5.65. The molecule has 1 atom stereocenters. The van der Waals surface area contributed by atoms with Crippen LogP contribution in [0.4, 0.5) is 0 Å². The van der Waals surface area contributed by atoms with E-state index in [9.17, 15) is 0 Å². The second kappa shape index (κ2) is 7.99. The fraction of sp³-hybridized carbons (Fsp3) is 0.154. The molecule has 4 heteroatoms. The zero-order chi connectivity index (χ0) is 20.2. The van der Waals surface area contributed by atoms with Crippen molar-refractivity contribution < 1.29 is 18.9 Å². The van der Waals surface area contributed by atoms with Gasteiger partial charge in [-0.05, 0) is 18.2 Å². The van der Waals surface area contributed by atoms with Gasteiger partial charge in [0.05, 0.1) is 12.7 Å². The molecule has 0 unspecified atom stereocenters. The molecule has 0 N–H and O–H groups in total. The molecule has 1 aromatic carbocycles. The Kier molecular flexibility index (Phi) is 4.89. The number of ether oxygens (including phenoxy) is 4. The van der Waals surface area contributed by atoms with Gasteiger partial charge in [-0.2, -0.15) is 0 Å². The summed E-state index contributed by atoms with van der Waals surface area (Å²) in [6.07, 6.45) is 25.7. The third-order valence-electron chi connectivity index (χ3n) is 5.14. The van der Waals surface area contributed by atoms with Gasteiger partial charge in [0.25, 0.3) is 5.79 Å². The molecule has 30 heavy (non-hydrogen) atoms. The van der Waals surface area contributed by atoms with E-state index in [-0.39, 0.29) is 0 Å². The van der Waals surface area contributed by atoms with Crippen LogP contribution < -0.4 is 4.74 Å². The molecular formula is C26H22O4. The van der Waals surface area contributed by atoms with Crippen molar-refractivity contribution in [3.05, 3.63) is 120 Å². The van der Waals surface area contributed by atoms with Crippen LogP contribution in [0.25, 0.3) is 5.57 Å². The van der Waals surface area contributed by atoms with Gasteiger partial charge < -0.3 is 18.9 Å². The van der Waals surface area contributed by atoms with Gasteiger partial charge in [-0.3, -0.25) is 0 Å². The van der Waals surface area contributed by atoms with Gasteiger partial charge in [-0.1, -0.05) is 60.7 Å². The van der Waals surface area contributed by atoms with E-state index < -0.39 is 5.79 Å². The highest BCUT2D eigenvalue weighted by molar-refractivity contribution is 5.78. The third kappa shape index (κ3) is 3.77.